The number of fused-ring (bicyclic) bond motifs is 1. The molecule has 0 saturated carbocycles. The molecule has 0 spiro atoms. The van der Waals surface area contributed by atoms with Gasteiger partial charge in [-0.15, -0.1) is 0 Å². The van der Waals surface area contributed by atoms with E-state index in [1.807, 2.05) is 6.07 Å². The highest BCUT2D eigenvalue weighted by Crippen LogP contribution is 2.33. The van der Waals surface area contributed by atoms with Crippen LogP contribution in [0.25, 0.3) is 11.7 Å². The maximum absolute atomic E-state index is 13.3. The number of nitrogens with zero attached hydrogens (tertiary/aromatic N) is 3. The third kappa shape index (κ3) is 5.65. The molecule has 0 aliphatic carbocycles. The number of rotatable bonds is 10. The zero-order valence-electron chi connectivity index (χ0n) is 18.9. The fraction of sp³-hybridized carbons (Fsp3) is 0.500. The standard InChI is InChI=1S/C24H30N4O3S2/c1-2-3-4-5-7-13-28-23(30)19(33-24(28)32)15-18-21(25-16-17-10-9-14-31-17)26-20-11-6-8-12-27(20)22(18)29/h6,8,11-12,15,17,25H,2-5,7,9-10,13-14,16H2,1H3/b19-15-. The SMILES string of the molecule is CCCCCCCN1C(=O)/C(=C/c2c(NCC3CCCO3)nc3ccccn3c2=O)SC1=S. The summed E-state index contributed by atoms with van der Waals surface area (Å²) in [6.07, 6.45) is 11.0. The smallest absolute Gasteiger partial charge is 0.267 e. The molecular formula is C24H30N4O3S2. The van der Waals surface area contributed by atoms with E-state index < -0.39 is 0 Å². The van der Waals surface area contributed by atoms with E-state index in [1.54, 1.807) is 29.3 Å². The predicted octanol–water partition coefficient (Wildman–Crippen LogP) is 4.46. The molecule has 2 aromatic rings. The molecular weight excluding hydrogens is 456 g/mol. The predicted molar refractivity (Wildman–Crippen MR) is 138 cm³/mol. The Bertz CT molecular complexity index is 1110. The number of carbonyl (C=O) groups is 1. The first-order valence-corrected chi connectivity index (χ1v) is 12.9. The van der Waals surface area contributed by atoms with E-state index in [0.29, 0.717) is 39.3 Å². The van der Waals surface area contributed by atoms with Crippen molar-refractivity contribution in [2.24, 2.45) is 0 Å². The monoisotopic (exact) mass is 486 g/mol. The van der Waals surface area contributed by atoms with Crippen molar-refractivity contribution in [2.75, 3.05) is 25.0 Å². The number of ether oxygens (including phenoxy) is 1. The molecule has 1 N–H and O–H groups in total. The average molecular weight is 487 g/mol. The summed E-state index contributed by atoms with van der Waals surface area (Å²) in [4.78, 5) is 33.2. The van der Waals surface area contributed by atoms with Crippen LogP contribution < -0.4 is 10.9 Å². The number of pyridine rings is 1. The Balaban J connectivity index is 1.58. The second-order valence-corrected chi connectivity index (χ2v) is 10.0. The molecule has 2 aliphatic rings. The van der Waals surface area contributed by atoms with Crippen LogP contribution in [-0.4, -0.2) is 50.3 Å². The minimum atomic E-state index is -0.222. The molecule has 0 bridgehead atoms. The highest BCUT2D eigenvalue weighted by Gasteiger charge is 2.32. The number of amides is 1. The van der Waals surface area contributed by atoms with Gasteiger partial charge in [-0.1, -0.05) is 62.7 Å². The fourth-order valence-corrected chi connectivity index (χ4v) is 5.37. The molecule has 0 radical (unpaired) electrons. The quantitative estimate of drug-likeness (QED) is 0.302. The van der Waals surface area contributed by atoms with Crippen LogP contribution in [0.15, 0.2) is 34.1 Å². The van der Waals surface area contributed by atoms with Crippen LogP contribution in [0.1, 0.15) is 57.4 Å². The fourth-order valence-electron chi connectivity index (χ4n) is 4.08. The number of carbonyl (C=O) groups excluding carboxylic acids is 1. The summed E-state index contributed by atoms with van der Waals surface area (Å²) < 4.78 is 7.75. The van der Waals surface area contributed by atoms with Gasteiger partial charge in [0.25, 0.3) is 11.5 Å². The Kier molecular flexibility index (Phi) is 8.16. The first-order valence-electron chi connectivity index (χ1n) is 11.7. The summed E-state index contributed by atoms with van der Waals surface area (Å²) in [5, 5.41) is 3.29. The van der Waals surface area contributed by atoms with Gasteiger partial charge in [-0.3, -0.25) is 18.9 Å². The van der Waals surface area contributed by atoms with Gasteiger partial charge in [0, 0.05) is 25.9 Å². The molecule has 9 heteroatoms. The second-order valence-electron chi connectivity index (χ2n) is 8.37. The highest BCUT2D eigenvalue weighted by atomic mass is 32.2. The van der Waals surface area contributed by atoms with E-state index in [0.717, 1.165) is 32.3 Å². The molecule has 1 atom stereocenters. The second kappa shape index (κ2) is 11.3. The summed E-state index contributed by atoms with van der Waals surface area (Å²) >= 11 is 6.73. The number of hydrogen-bond acceptors (Lipinski definition) is 7. The van der Waals surface area contributed by atoms with Gasteiger partial charge in [-0.2, -0.15) is 0 Å². The number of thiocarbonyl (C=S) groups is 1. The Labute approximate surface area is 203 Å². The molecule has 4 rings (SSSR count). The van der Waals surface area contributed by atoms with Gasteiger partial charge < -0.3 is 10.1 Å². The largest absolute Gasteiger partial charge is 0.376 e. The first kappa shape index (κ1) is 23.9. The zero-order chi connectivity index (χ0) is 23.2. The Morgan fingerprint density at radius 3 is 2.91 bits per heavy atom. The van der Waals surface area contributed by atoms with Gasteiger partial charge >= 0.3 is 0 Å². The van der Waals surface area contributed by atoms with Crippen molar-refractivity contribution in [1.82, 2.24) is 14.3 Å². The van der Waals surface area contributed by atoms with Gasteiger partial charge in [0.1, 0.15) is 15.8 Å². The lowest BCUT2D eigenvalue weighted by molar-refractivity contribution is -0.122. The van der Waals surface area contributed by atoms with E-state index >= 15 is 0 Å². The van der Waals surface area contributed by atoms with Crippen LogP contribution in [0.5, 0.6) is 0 Å². The molecule has 1 unspecified atom stereocenters. The number of aromatic nitrogens is 2. The number of anilines is 1. The van der Waals surface area contributed by atoms with Crippen molar-refractivity contribution >= 4 is 51.7 Å². The third-order valence-electron chi connectivity index (χ3n) is 5.92. The summed E-state index contributed by atoms with van der Waals surface area (Å²) in [6, 6.07) is 5.43. The molecule has 7 nitrogen and oxygen atoms in total. The van der Waals surface area contributed by atoms with E-state index in [-0.39, 0.29) is 17.6 Å². The van der Waals surface area contributed by atoms with Crippen molar-refractivity contribution in [2.45, 2.75) is 58.0 Å². The van der Waals surface area contributed by atoms with Gasteiger partial charge in [-0.25, -0.2) is 4.98 Å². The van der Waals surface area contributed by atoms with Gasteiger partial charge in [0.15, 0.2) is 0 Å². The number of thioether (sulfide) groups is 1. The average Bonchev–Trinajstić information content (AvgIpc) is 3.43. The molecule has 0 aromatic carbocycles. The van der Waals surface area contributed by atoms with Crippen molar-refractivity contribution in [3.05, 3.63) is 45.2 Å². The lowest BCUT2D eigenvalue weighted by atomic mass is 10.1. The Morgan fingerprint density at radius 2 is 2.12 bits per heavy atom. The highest BCUT2D eigenvalue weighted by molar-refractivity contribution is 8.26. The van der Waals surface area contributed by atoms with Crippen LogP contribution in [0, 0.1) is 0 Å². The van der Waals surface area contributed by atoms with Crippen molar-refractivity contribution in [3.63, 3.8) is 0 Å². The molecule has 2 saturated heterocycles. The molecule has 2 aromatic heterocycles. The molecule has 1 amide bonds. The van der Waals surface area contributed by atoms with Crippen molar-refractivity contribution < 1.29 is 9.53 Å². The van der Waals surface area contributed by atoms with Gasteiger partial charge in [0.05, 0.1) is 16.6 Å². The van der Waals surface area contributed by atoms with Crippen LogP contribution in [0.2, 0.25) is 0 Å². The maximum Gasteiger partial charge on any atom is 0.267 e. The lowest BCUT2D eigenvalue weighted by Gasteiger charge is -2.15. The van der Waals surface area contributed by atoms with E-state index in [9.17, 15) is 9.59 Å². The first-order chi connectivity index (χ1) is 16.1. The molecule has 2 fully saturated rings. The summed E-state index contributed by atoms with van der Waals surface area (Å²) in [7, 11) is 0. The summed E-state index contributed by atoms with van der Waals surface area (Å²) in [6.45, 7) is 4.12. The van der Waals surface area contributed by atoms with E-state index in [1.165, 1.54) is 35.4 Å². The molecule has 4 heterocycles. The van der Waals surface area contributed by atoms with E-state index in [4.69, 9.17) is 17.0 Å². The van der Waals surface area contributed by atoms with Crippen LogP contribution in [0.4, 0.5) is 5.82 Å². The minimum absolute atomic E-state index is 0.0970. The topological polar surface area (TPSA) is 75.9 Å². The molecule has 33 heavy (non-hydrogen) atoms. The van der Waals surface area contributed by atoms with Crippen LogP contribution >= 0.6 is 24.0 Å². The molecule has 2 aliphatic heterocycles. The number of hydrogen-bond donors (Lipinski definition) is 1. The third-order valence-corrected chi connectivity index (χ3v) is 7.30. The molecule has 176 valence electrons. The van der Waals surface area contributed by atoms with Crippen molar-refractivity contribution in [3.8, 4) is 0 Å². The summed E-state index contributed by atoms with van der Waals surface area (Å²) in [5.74, 6) is 0.328. The zero-order valence-corrected chi connectivity index (χ0v) is 20.6. The maximum atomic E-state index is 13.3. The minimum Gasteiger partial charge on any atom is -0.376 e. The lowest BCUT2D eigenvalue weighted by Crippen LogP contribution is -2.29. The van der Waals surface area contributed by atoms with Crippen LogP contribution in [-0.2, 0) is 9.53 Å². The van der Waals surface area contributed by atoms with Gasteiger partial charge in [-0.05, 0) is 37.5 Å². The summed E-state index contributed by atoms with van der Waals surface area (Å²) in [5.41, 5.74) is 0.689. The Morgan fingerprint density at radius 1 is 1.27 bits per heavy atom. The Hall–Kier alpha value is -2.23. The normalized spacial score (nSPS) is 19.8. The van der Waals surface area contributed by atoms with E-state index in [2.05, 4.69) is 17.2 Å². The number of unbranched alkanes of at least 4 members (excludes halogenated alkanes) is 4. The van der Waals surface area contributed by atoms with Crippen LogP contribution in [0.3, 0.4) is 0 Å². The van der Waals surface area contributed by atoms with Gasteiger partial charge in [0.2, 0.25) is 0 Å². The number of nitrogens with one attached hydrogen (secondary N) is 1. The van der Waals surface area contributed by atoms with Crippen molar-refractivity contribution in [1.29, 1.82) is 0 Å².